The van der Waals surface area contributed by atoms with Gasteiger partial charge in [0.15, 0.2) is 0 Å². The lowest BCUT2D eigenvalue weighted by Crippen LogP contribution is -2.49. The molecule has 0 unspecified atom stereocenters. The lowest BCUT2D eigenvalue weighted by molar-refractivity contribution is -0.0793. The molecule has 0 aliphatic carbocycles. The maximum absolute atomic E-state index is 12.4. The zero-order valence-electron chi connectivity index (χ0n) is 14.9. The van der Waals surface area contributed by atoms with Gasteiger partial charge in [-0.2, -0.15) is 0 Å². The Morgan fingerprint density at radius 1 is 1.23 bits per heavy atom. The highest BCUT2D eigenvalue weighted by Gasteiger charge is 2.43. The van der Waals surface area contributed by atoms with Crippen molar-refractivity contribution in [3.8, 4) is 0 Å². The average molecular weight is 351 g/mol. The van der Waals surface area contributed by atoms with Crippen molar-refractivity contribution in [1.82, 2.24) is 15.2 Å². The van der Waals surface area contributed by atoms with Gasteiger partial charge in [0, 0.05) is 50.2 Å². The number of hydrogen-bond acceptors (Lipinski definition) is 4. The molecule has 2 saturated heterocycles. The van der Waals surface area contributed by atoms with Gasteiger partial charge in [0.1, 0.15) is 0 Å². The molecule has 3 heterocycles. The fourth-order valence-electron chi connectivity index (χ4n) is 4.11. The molecule has 0 saturated carbocycles. The van der Waals surface area contributed by atoms with Gasteiger partial charge in [-0.15, -0.1) is 0 Å². The number of rotatable bonds is 4. The number of aromatic nitrogens is 1. The molecule has 1 N–H and O–H groups in total. The third kappa shape index (κ3) is 3.94. The zero-order chi connectivity index (χ0) is 17.8. The Kier molecular flexibility index (Phi) is 5.00. The predicted octanol–water partition coefficient (Wildman–Crippen LogP) is 2.64. The molecule has 5 heteroatoms. The van der Waals surface area contributed by atoms with Gasteiger partial charge in [0.25, 0.3) is 5.91 Å². The minimum absolute atomic E-state index is 0.0198. The molecule has 0 radical (unpaired) electrons. The lowest BCUT2D eigenvalue weighted by Gasteiger charge is -2.38. The van der Waals surface area contributed by atoms with Gasteiger partial charge in [-0.05, 0) is 37.0 Å². The van der Waals surface area contributed by atoms with E-state index in [0.29, 0.717) is 12.2 Å². The third-order valence-electron chi connectivity index (χ3n) is 5.42. The molecule has 1 aromatic heterocycles. The van der Waals surface area contributed by atoms with Crippen LogP contribution >= 0.6 is 0 Å². The van der Waals surface area contributed by atoms with E-state index in [0.717, 1.165) is 38.9 Å². The van der Waals surface area contributed by atoms with Crippen molar-refractivity contribution in [2.75, 3.05) is 19.7 Å². The van der Waals surface area contributed by atoms with E-state index in [1.165, 1.54) is 5.56 Å². The Balaban J connectivity index is 1.35. The van der Waals surface area contributed by atoms with Crippen LogP contribution in [0.1, 0.15) is 35.2 Å². The van der Waals surface area contributed by atoms with Crippen molar-refractivity contribution >= 4 is 5.91 Å². The van der Waals surface area contributed by atoms with Crippen LogP contribution in [0.15, 0.2) is 54.9 Å². The number of nitrogens with one attached hydrogen (secondary N) is 1. The minimum atomic E-state index is -0.122. The number of ether oxygens (including phenoxy) is 1. The van der Waals surface area contributed by atoms with E-state index < -0.39 is 0 Å². The Morgan fingerprint density at radius 3 is 2.85 bits per heavy atom. The van der Waals surface area contributed by atoms with E-state index in [-0.39, 0.29) is 17.6 Å². The summed E-state index contributed by atoms with van der Waals surface area (Å²) in [5.41, 5.74) is 1.88. The summed E-state index contributed by atoms with van der Waals surface area (Å²) in [6.45, 7) is 3.64. The van der Waals surface area contributed by atoms with Crippen LogP contribution in [-0.4, -0.2) is 47.1 Å². The number of amides is 1. The van der Waals surface area contributed by atoms with E-state index in [4.69, 9.17) is 4.74 Å². The van der Waals surface area contributed by atoms with Gasteiger partial charge >= 0.3 is 0 Å². The number of benzene rings is 1. The quantitative estimate of drug-likeness (QED) is 0.920. The highest BCUT2D eigenvalue weighted by Crippen LogP contribution is 2.35. The SMILES string of the molecule is O=C(N[C@@H]1CCO[C@]2(CCN(Cc3ccccc3)C2)C1)c1ccncc1. The molecule has 136 valence electrons. The monoisotopic (exact) mass is 351 g/mol. The van der Waals surface area contributed by atoms with Crippen LogP contribution in [0.4, 0.5) is 0 Å². The molecular formula is C21H25N3O2. The van der Waals surface area contributed by atoms with Crippen molar-refractivity contribution in [3.63, 3.8) is 0 Å². The van der Waals surface area contributed by atoms with Gasteiger partial charge in [-0.3, -0.25) is 14.7 Å². The highest BCUT2D eigenvalue weighted by molar-refractivity contribution is 5.94. The molecule has 2 atom stereocenters. The molecule has 5 nitrogen and oxygen atoms in total. The normalized spacial score (nSPS) is 26.1. The second-order valence-electron chi connectivity index (χ2n) is 7.38. The second-order valence-corrected chi connectivity index (χ2v) is 7.38. The number of hydrogen-bond donors (Lipinski definition) is 1. The smallest absolute Gasteiger partial charge is 0.251 e. The molecule has 1 amide bonds. The van der Waals surface area contributed by atoms with Gasteiger partial charge in [-0.25, -0.2) is 0 Å². The molecule has 2 aliphatic heterocycles. The number of carbonyl (C=O) groups is 1. The first kappa shape index (κ1) is 17.2. The first-order valence-corrected chi connectivity index (χ1v) is 9.34. The summed E-state index contributed by atoms with van der Waals surface area (Å²) in [7, 11) is 0. The summed E-state index contributed by atoms with van der Waals surface area (Å²) in [6, 6.07) is 14.2. The van der Waals surface area contributed by atoms with Gasteiger partial charge < -0.3 is 10.1 Å². The van der Waals surface area contributed by atoms with Crippen LogP contribution in [0, 0.1) is 0 Å². The zero-order valence-corrected chi connectivity index (χ0v) is 14.9. The lowest BCUT2D eigenvalue weighted by atomic mass is 9.89. The summed E-state index contributed by atoms with van der Waals surface area (Å²) in [6.07, 6.45) is 6.09. The van der Waals surface area contributed by atoms with E-state index >= 15 is 0 Å². The van der Waals surface area contributed by atoms with Gasteiger partial charge in [0.2, 0.25) is 0 Å². The first-order valence-electron chi connectivity index (χ1n) is 9.34. The van der Waals surface area contributed by atoms with Crippen LogP contribution in [0.25, 0.3) is 0 Å². The number of likely N-dealkylation sites (tertiary alicyclic amines) is 1. The Morgan fingerprint density at radius 2 is 2.04 bits per heavy atom. The number of pyridine rings is 1. The highest BCUT2D eigenvalue weighted by atomic mass is 16.5. The summed E-state index contributed by atoms with van der Waals surface area (Å²) in [4.78, 5) is 18.9. The van der Waals surface area contributed by atoms with Crippen LogP contribution in [0.2, 0.25) is 0 Å². The van der Waals surface area contributed by atoms with Gasteiger partial charge in [-0.1, -0.05) is 30.3 Å². The topological polar surface area (TPSA) is 54.5 Å². The third-order valence-corrected chi connectivity index (χ3v) is 5.42. The van der Waals surface area contributed by atoms with E-state index in [2.05, 4.69) is 45.5 Å². The Bertz CT molecular complexity index is 737. The molecule has 26 heavy (non-hydrogen) atoms. The van der Waals surface area contributed by atoms with Crippen LogP contribution in [0.3, 0.4) is 0 Å². The molecule has 2 aromatic rings. The van der Waals surface area contributed by atoms with Crippen LogP contribution in [-0.2, 0) is 11.3 Å². The summed E-state index contributed by atoms with van der Waals surface area (Å²) >= 11 is 0. The molecule has 1 aromatic carbocycles. The maximum Gasteiger partial charge on any atom is 0.251 e. The fourth-order valence-corrected chi connectivity index (χ4v) is 4.11. The standard InChI is InChI=1S/C21H25N3O2/c25-20(18-6-10-22-11-7-18)23-19-8-13-26-21(14-19)9-12-24(16-21)15-17-4-2-1-3-5-17/h1-7,10-11,19H,8-9,12-16H2,(H,23,25)/t19-,21-/m1/s1. The van der Waals surface area contributed by atoms with Crippen LogP contribution < -0.4 is 5.32 Å². The maximum atomic E-state index is 12.4. The van der Waals surface area contributed by atoms with Gasteiger partial charge in [0.05, 0.1) is 5.60 Å². The molecule has 0 bridgehead atoms. The molecular weight excluding hydrogens is 326 g/mol. The largest absolute Gasteiger partial charge is 0.373 e. The van der Waals surface area contributed by atoms with E-state index in [1.807, 2.05) is 0 Å². The van der Waals surface area contributed by atoms with Crippen molar-refractivity contribution < 1.29 is 9.53 Å². The second kappa shape index (κ2) is 7.56. The number of nitrogens with zero attached hydrogens (tertiary/aromatic N) is 2. The summed E-state index contributed by atoms with van der Waals surface area (Å²) in [5, 5.41) is 3.19. The Hall–Kier alpha value is -2.24. The molecule has 2 fully saturated rings. The van der Waals surface area contributed by atoms with Crippen molar-refractivity contribution in [1.29, 1.82) is 0 Å². The fraction of sp³-hybridized carbons (Fsp3) is 0.429. The summed E-state index contributed by atoms with van der Waals surface area (Å²) in [5.74, 6) is -0.0198. The van der Waals surface area contributed by atoms with Crippen molar-refractivity contribution in [2.45, 2.75) is 37.5 Å². The van der Waals surface area contributed by atoms with Crippen molar-refractivity contribution in [3.05, 3.63) is 66.0 Å². The first-order chi connectivity index (χ1) is 12.7. The predicted molar refractivity (Wildman–Crippen MR) is 99.7 cm³/mol. The van der Waals surface area contributed by atoms with E-state index in [1.54, 1.807) is 24.5 Å². The van der Waals surface area contributed by atoms with Crippen LogP contribution in [0.5, 0.6) is 0 Å². The Labute approximate surface area is 154 Å². The number of carbonyl (C=O) groups excluding carboxylic acids is 1. The minimum Gasteiger partial charge on any atom is -0.373 e. The van der Waals surface area contributed by atoms with Crippen molar-refractivity contribution in [2.24, 2.45) is 0 Å². The molecule has 4 rings (SSSR count). The molecule has 2 aliphatic rings. The van der Waals surface area contributed by atoms with E-state index in [9.17, 15) is 4.79 Å². The summed E-state index contributed by atoms with van der Waals surface area (Å²) < 4.78 is 6.21. The average Bonchev–Trinajstić information content (AvgIpc) is 3.05. The molecule has 1 spiro atoms.